The van der Waals surface area contributed by atoms with Crippen LogP contribution in [-0.2, 0) is 6.42 Å². The molecule has 7 heteroatoms. The van der Waals surface area contributed by atoms with Crippen LogP contribution in [-0.4, -0.2) is 17.7 Å². The summed E-state index contributed by atoms with van der Waals surface area (Å²) in [6.45, 7) is 0.261. The van der Waals surface area contributed by atoms with Gasteiger partial charge in [0.1, 0.15) is 5.82 Å². The lowest BCUT2D eigenvalue weighted by molar-refractivity contribution is 0.486. The minimum Gasteiger partial charge on any atom is -0.361 e. The predicted octanol–water partition coefficient (Wildman–Crippen LogP) is 3.60. The van der Waals surface area contributed by atoms with Crippen molar-refractivity contribution in [1.82, 2.24) is 5.32 Å². The Hall–Kier alpha value is -2.12. The van der Waals surface area contributed by atoms with E-state index in [9.17, 15) is 13.2 Å². The van der Waals surface area contributed by atoms with Crippen molar-refractivity contribution in [2.45, 2.75) is 19.9 Å². The number of thiocarbonyl (C=S) groups is 1. The summed E-state index contributed by atoms with van der Waals surface area (Å²) in [6.07, 6.45) is 0.0595. The second kappa shape index (κ2) is 9.24. The van der Waals surface area contributed by atoms with Crippen LogP contribution in [0.15, 0.2) is 42.5 Å². The van der Waals surface area contributed by atoms with Crippen LogP contribution in [0.4, 0.5) is 18.9 Å². The lowest BCUT2D eigenvalue weighted by Crippen LogP contribution is -2.40. The number of hydrogen-bond acceptors (Lipinski definition) is 2. The first-order valence-corrected chi connectivity index (χ1v) is 7.35. The maximum absolute atomic E-state index is 13.6. The van der Waals surface area contributed by atoms with Crippen molar-refractivity contribution in [3.8, 4) is 0 Å². The van der Waals surface area contributed by atoms with Crippen LogP contribution in [0.25, 0.3) is 0 Å². The van der Waals surface area contributed by atoms with Crippen molar-refractivity contribution < 1.29 is 13.2 Å². The van der Waals surface area contributed by atoms with Gasteiger partial charge in [0.05, 0.1) is 0 Å². The highest BCUT2D eigenvalue weighted by Gasteiger charge is 2.13. The van der Waals surface area contributed by atoms with Gasteiger partial charge >= 0.3 is 0 Å². The lowest BCUT2D eigenvalue weighted by Gasteiger charge is -2.16. The van der Waals surface area contributed by atoms with Gasteiger partial charge in [-0.05, 0) is 42.4 Å². The molecule has 0 heterocycles. The molecule has 0 unspecified atom stereocenters. The molecule has 0 radical (unpaired) electrons. The van der Waals surface area contributed by atoms with E-state index in [1.54, 1.807) is 0 Å². The van der Waals surface area contributed by atoms with Crippen LogP contribution in [0.5, 0.6) is 0 Å². The van der Waals surface area contributed by atoms with Gasteiger partial charge in [0.25, 0.3) is 0 Å². The molecule has 0 aromatic heterocycles. The summed E-state index contributed by atoms with van der Waals surface area (Å²) < 4.78 is 39.6. The van der Waals surface area contributed by atoms with Gasteiger partial charge in [-0.15, -0.1) is 0 Å². The number of nitrogens with two attached hydrogens (primary N) is 1. The number of benzene rings is 2. The van der Waals surface area contributed by atoms with Gasteiger partial charge in [0.2, 0.25) is 0 Å². The van der Waals surface area contributed by atoms with E-state index in [0.717, 1.165) is 11.8 Å². The molecule has 2 rings (SSSR count). The summed E-state index contributed by atoms with van der Waals surface area (Å²) in [5.41, 5.74) is 6.72. The Kier molecular flexibility index (Phi) is 7.67. The molecule has 3 nitrogen and oxygen atoms in total. The van der Waals surface area contributed by atoms with Crippen LogP contribution >= 0.6 is 12.2 Å². The summed E-state index contributed by atoms with van der Waals surface area (Å²) in [7, 11) is 0. The summed E-state index contributed by atoms with van der Waals surface area (Å²) in [5, 5.41) is 6.24. The maximum Gasteiger partial charge on any atom is 0.170 e. The average molecular weight is 355 g/mol. The van der Waals surface area contributed by atoms with Gasteiger partial charge in [-0.1, -0.05) is 25.6 Å². The average Bonchev–Trinajstić information content (AvgIpc) is 2.51. The molecule has 4 N–H and O–H groups in total. The molecule has 0 aliphatic heterocycles. The van der Waals surface area contributed by atoms with E-state index in [0.29, 0.717) is 11.2 Å². The Morgan fingerprint density at radius 1 is 1.04 bits per heavy atom. The van der Waals surface area contributed by atoms with Crippen molar-refractivity contribution in [2.75, 3.05) is 11.9 Å². The standard InChI is InChI=1S/C16H16F3N3S.CH4/c17-13-8-15(19)14(18)7-10(13)6-11(20)9-21-16(23)22-12-4-2-1-3-5-12;/h1-5,7-8,11H,6,9,20H2,(H2,21,22,23);1H4/t11-;/m0./s1. The maximum atomic E-state index is 13.6. The molecule has 24 heavy (non-hydrogen) atoms. The van der Waals surface area contributed by atoms with Crippen LogP contribution < -0.4 is 16.4 Å². The zero-order valence-electron chi connectivity index (χ0n) is 12.2. The van der Waals surface area contributed by atoms with Gasteiger partial charge in [-0.2, -0.15) is 0 Å². The quantitative estimate of drug-likeness (QED) is 0.567. The zero-order chi connectivity index (χ0) is 16.8. The van der Waals surface area contributed by atoms with E-state index in [4.69, 9.17) is 18.0 Å². The minimum absolute atomic E-state index is 0. The molecule has 0 fully saturated rings. The molecule has 0 aliphatic rings. The van der Waals surface area contributed by atoms with E-state index in [2.05, 4.69) is 10.6 Å². The van der Waals surface area contributed by atoms with E-state index in [1.165, 1.54) is 0 Å². The molecule has 130 valence electrons. The predicted molar refractivity (Wildman–Crippen MR) is 95.4 cm³/mol. The molecular weight excluding hydrogens is 335 g/mol. The van der Waals surface area contributed by atoms with Crippen LogP contribution in [0.1, 0.15) is 13.0 Å². The third-order valence-corrected chi connectivity index (χ3v) is 3.37. The third kappa shape index (κ3) is 5.82. The molecule has 0 saturated carbocycles. The van der Waals surface area contributed by atoms with E-state index < -0.39 is 23.5 Å². The Morgan fingerprint density at radius 3 is 2.33 bits per heavy atom. The number of halogens is 3. The first-order chi connectivity index (χ1) is 11.0. The highest BCUT2D eigenvalue weighted by atomic mass is 32.1. The van der Waals surface area contributed by atoms with E-state index in [1.807, 2.05) is 30.3 Å². The molecule has 0 saturated heterocycles. The number of nitrogens with one attached hydrogen (secondary N) is 2. The fraction of sp³-hybridized carbons (Fsp3) is 0.235. The van der Waals surface area contributed by atoms with Gasteiger partial charge in [0, 0.05) is 24.3 Å². The van der Waals surface area contributed by atoms with Crippen molar-refractivity contribution >= 4 is 23.0 Å². The fourth-order valence-electron chi connectivity index (χ4n) is 2.00. The Morgan fingerprint density at radius 2 is 1.67 bits per heavy atom. The molecule has 2 aromatic carbocycles. The van der Waals surface area contributed by atoms with Gasteiger partial charge in [-0.3, -0.25) is 0 Å². The first kappa shape index (κ1) is 19.9. The zero-order valence-corrected chi connectivity index (χ0v) is 13.0. The second-order valence-electron chi connectivity index (χ2n) is 5.02. The Labute approximate surface area is 145 Å². The summed E-state index contributed by atoms with van der Waals surface area (Å²) in [6, 6.07) is 10.1. The smallest absolute Gasteiger partial charge is 0.170 e. The SMILES string of the molecule is C.N[C@H](CNC(=S)Nc1ccccc1)Cc1cc(F)c(F)cc1F. The second-order valence-corrected chi connectivity index (χ2v) is 5.43. The highest BCUT2D eigenvalue weighted by molar-refractivity contribution is 7.80. The number of rotatable bonds is 5. The molecular formula is C17H20F3N3S. The first-order valence-electron chi connectivity index (χ1n) is 6.94. The summed E-state index contributed by atoms with van der Waals surface area (Å²) >= 11 is 5.12. The van der Waals surface area contributed by atoms with Crippen molar-refractivity contribution in [1.29, 1.82) is 0 Å². The summed E-state index contributed by atoms with van der Waals surface area (Å²) in [4.78, 5) is 0. The van der Waals surface area contributed by atoms with E-state index in [-0.39, 0.29) is 26.0 Å². The van der Waals surface area contributed by atoms with Gasteiger partial charge < -0.3 is 16.4 Å². The normalized spacial score (nSPS) is 11.3. The van der Waals surface area contributed by atoms with Crippen LogP contribution in [0.2, 0.25) is 0 Å². The lowest BCUT2D eigenvalue weighted by atomic mass is 10.1. The topological polar surface area (TPSA) is 50.1 Å². The van der Waals surface area contributed by atoms with Crippen LogP contribution in [0.3, 0.4) is 0 Å². The molecule has 0 spiro atoms. The largest absolute Gasteiger partial charge is 0.361 e. The monoisotopic (exact) mass is 355 g/mol. The van der Waals surface area contributed by atoms with Gasteiger partial charge in [-0.25, -0.2) is 13.2 Å². The van der Waals surface area contributed by atoms with Crippen LogP contribution in [0, 0.1) is 17.5 Å². The number of hydrogen-bond donors (Lipinski definition) is 3. The Balaban J connectivity index is 0.00000288. The molecule has 2 aromatic rings. The fourth-order valence-corrected chi connectivity index (χ4v) is 2.20. The van der Waals surface area contributed by atoms with Crippen molar-refractivity contribution in [3.05, 3.63) is 65.5 Å². The molecule has 0 bridgehead atoms. The van der Waals surface area contributed by atoms with E-state index >= 15 is 0 Å². The third-order valence-electron chi connectivity index (χ3n) is 3.13. The number of para-hydroxylation sites is 1. The van der Waals surface area contributed by atoms with Crippen molar-refractivity contribution in [3.63, 3.8) is 0 Å². The summed E-state index contributed by atoms with van der Waals surface area (Å²) in [5.74, 6) is -3.13. The highest BCUT2D eigenvalue weighted by Crippen LogP contribution is 2.15. The molecule has 0 amide bonds. The minimum atomic E-state index is -1.22. The van der Waals surface area contributed by atoms with Gasteiger partial charge in [0.15, 0.2) is 16.7 Å². The van der Waals surface area contributed by atoms with Crippen molar-refractivity contribution in [2.24, 2.45) is 5.73 Å². The Bertz CT molecular complexity index is 680. The molecule has 1 atom stereocenters. The number of anilines is 1. The molecule has 0 aliphatic carbocycles.